The highest BCUT2D eigenvalue weighted by Gasteiger charge is 2.50. The Balaban J connectivity index is 1.81. The topological polar surface area (TPSA) is 103 Å². The van der Waals surface area contributed by atoms with E-state index in [1.165, 1.54) is 10.8 Å². The number of hydrogen-bond donors (Lipinski definition) is 2. The van der Waals surface area contributed by atoms with Gasteiger partial charge in [-0.3, -0.25) is 9.36 Å². The minimum Gasteiger partial charge on any atom is -0.394 e. The summed E-state index contributed by atoms with van der Waals surface area (Å²) in [5, 5.41) is 21.4. The lowest BCUT2D eigenvalue weighted by atomic mass is 10.2. The van der Waals surface area contributed by atoms with Crippen molar-refractivity contribution in [2.24, 2.45) is 0 Å². The Kier molecular flexibility index (Phi) is 7.49. The van der Waals surface area contributed by atoms with E-state index in [0.717, 1.165) is 14.9 Å². The molecule has 192 valence electrons. The number of nitrogens with zero attached hydrogens (tertiary/aromatic N) is 2. The number of benzene rings is 2. The largest absolute Gasteiger partial charge is 0.394 e. The Hall–Kier alpha value is -2.82. The van der Waals surface area contributed by atoms with Crippen LogP contribution >= 0.6 is 0 Å². The Labute approximate surface area is 211 Å². The quantitative estimate of drug-likeness (QED) is 0.467. The van der Waals surface area contributed by atoms with Crippen molar-refractivity contribution in [3.8, 4) is 0 Å². The van der Waals surface area contributed by atoms with Crippen molar-refractivity contribution in [2.75, 3.05) is 6.61 Å². The molecule has 1 unspecified atom stereocenters. The number of aryl methyl sites for hydroxylation is 1. The van der Waals surface area contributed by atoms with Crippen LogP contribution in [0.2, 0.25) is 5.04 Å². The molecule has 4 rings (SSSR count). The zero-order chi connectivity index (χ0) is 26.1. The molecule has 9 heteroatoms. The van der Waals surface area contributed by atoms with E-state index in [1.807, 2.05) is 60.7 Å². The summed E-state index contributed by atoms with van der Waals surface area (Å²) in [6.07, 6.45) is -0.889. The van der Waals surface area contributed by atoms with Gasteiger partial charge in [0.05, 0.1) is 12.7 Å². The molecule has 2 heterocycles. The molecule has 1 aliphatic rings. The van der Waals surface area contributed by atoms with E-state index in [1.54, 1.807) is 6.92 Å². The zero-order valence-electron chi connectivity index (χ0n) is 21.1. The van der Waals surface area contributed by atoms with Gasteiger partial charge in [0.15, 0.2) is 0 Å². The predicted octanol–water partition coefficient (Wildman–Crippen LogP) is 1.49. The van der Waals surface area contributed by atoms with Crippen molar-refractivity contribution in [3.05, 3.63) is 93.3 Å². The van der Waals surface area contributed by atoms with E-state index >= 15 is 0 Å². The molecule has 0 bridgehead atoms. The number of hydrogen-bond acceptors (Lipinski definition) is 6. The van der Waals surface area contributed by atoms with E-state index in [-0.39, 0.29) is 24.8 Å². The van der Waals surface area contributed by atoms with Crippen molar-refractivity contribution in [2.45, 2.75) is 64.3 Å². The molecule has 0 spiro atoms. The van der Waals surface area contributed by atoms with Crippen LogP contribution in [-0.2, 0) is 15.9 Å². The number of rotatable bonds is 7. The van der Waals surface area contributed by atoms with Gasteiger partial charge in [-0.25, -0.2) is 9.36 Å². The summed E-state index contributed by atoms with van der Waals surface area (Å²) in [6, 6.07) is 20.0. The van der Waals surface area contributed by atoms with Gasteiger partial charge in [-0.15, -0.1) is 0 Å². The minimum atomic E-state index is -2.98. The average molecular weight is 511 g/mol. The maximum absolute atomic E-state index is 13.5. The third-order valence-electron chi connectivity index (χ3n) is 6.89. The van der Waals surface area contributed by atoms with Gasteiger partial charge >= 0.3 is 5.69 Å². The first-order valence-corrected chi connectivity index (χ1v) is 14.0. The summed E-state index contributed by atoms with van der Waals surface area (Å²) in [5.41, 5.74) is -0.669. The second kappa shape index (κ2) is 10.3. The fraction of sp³-hybridized carbons (Fsp3) is 0.407. The van der Waals surface area contributed by atoms with Gasteiger partial charge in [0.2, 0.25) is 0 Å². The number of aromatic nitrogens is 2. The molecular formula is C27H34N2O6Si. The number of aliphatic hydroxyl groups is 2. The van der Waals surface area contributed by atoms with Gasteiger partial charge in [-0.1, -0.05) is 81.4 Å². The van der Waals surface area contributed by atoms with Gasteiger partial charge < -0.3 is 19.4 Å². The predicted molar refractivity (Wildman–Crippen MR) is 140 cm³/mol. The fourth-order valence-corrected chi connectivity index (χ4v) is 9.53. The van der Waals surface area contributed by atoms with E-state index in [4.69, 9.17) is 9.16 Å². The van der Waals surface area contributed by atoms with Crippen LogP contribution in [0, 0.1) is 6.92 Å². The van der Waals surface area contributed by atoms with Crippen LogP contribution < -0.4 is 21.6 Å². The molecule has 1 saturated heterocycles. The van der Waals surface area contributed by atoms with Crippen LogP contribution in [-0.4, -0.2) is 46.5 Å². The Morgan fingerprint density at radius 1 is 1.03 bits per heavy atom. The molecule has 3 atom stereocenters. The average Bonchev–Trinajstić information content (AvgIpc) is 3.24. The second-order valence-corrected chi connectivity index (χ2v) is 14.6. The van der Waals surface area contributed by atoms with Crippen molar-refractivity contribution in [1.29, 1.82) is 0 Å². The van der Waals surface area contributed by atoms with E-state index in [9.17, 15) is 19.8 Å². The Bertz CT molecular complexity index is 1260. The second-order valence-electron chi connectivity index (χ2n) is 10.3. The normalized spacial score (nSPS) is 20.6. The molecule has 1 aromatic heterocycles. The highest BCUT2D eigenvalue weighted by atomic mass is 28.4. The highest BCUT2D eigenvalue weighted by Crippen LogP contribution is 2.37. The molecule has 0 radical (unpaired) electrons. The van der Waals surface area contributed by atoms with E-state index in [2.05, 4.69) is 20.8 Å². The molecule has 0 amide bonds. The summed E-state index contributed by atoms with van der Waals surface area (Å²) in [4.78, 5) is 26.6. The molecule has 0 aliphatic carbocycles. The van der Waals surface area contributed by atoms with Gasteiger partial charge in [0, 0.05) is 18.2 Å². The molecule has 2 N–H and O–H groups in total. The lowest BCUT2D eigenvalue weighted by Gasteiger charge is -2.43. The maximum Gasteiger partial charge on any atom is 0.335 e. The van der Waals surface area contributed by atoms with Crippen molar-refractivity contribution in [1.82, 2.24) is 9.13 Å². The van der Waals surface area contributed by atoms with Crippen molar-refractivity contribution < 1.29 is 19.4 Å². The summed E-state index contributed by atoms with van der Waals surface area (Å²) < 4.78 is 14.9. The van der Waals surface area contributed by atoms with E-state index in [0.29, 0.717) is 5.56 Å². The molecule has 1 fully saturated rings. The molecule has 36 heavy (non-hydrogen) atoms. The van der Waals surface area contributed by atoms with Gasteiger partial charge in [0.1, 0.15) is 19.1 Å². The van der Waals surface area contributed by atoms with Crippen LogP contribution in [0.5, 0.6) is 0 Å². The Morgan fingerprint density at radius 2 is 1.58 bits per heavy atom. The molecule has 1 aliphatic heterocycles. The highest BCUT2D eigenvalue weighted by molar-refractivity contribution is 6.99. The van der Waals surface area contributed by atoms with Crippen LogP contribution in [0.3, 0.4) is 0 Å². The van der Waals surface area contributed by atoms with Gasteiger partial charge in [-0.2, -0.15) is 0 Å². The molecule has 0 saturated carbocycles. The van der Waals surface area contributed by atoms with Crippen molar-refractivity contribution >= 4 is 18.7 Å². The SMILES string of the molecule is Cc1cn([C@H]2CC(O)[C@@H](CO)O2)c(=O)n(CO[Si](c2ccccc2)(c2ccccc2)C(C)(C)C)c1=O. The first-order valence-electron chi connectivity index (χ1n) is 12.1. The first-order chi connectivity index (χ1) is 17.1. The summed E-state index contributed by atoms with van der Waals surface area (Å²) in [7, 11) is -2.98. The molecule has 3 aromatic rings. The van der Waals surface area contributed by atoms with Gasteiger partial charge in [-0.05, 0) is 22.3 Å². The van der Waals surface area contributed by atoms with Crippen molar-refractivity contribution in [3.63, 3.8) is 0 Å². The third-order valence-corrected chi connectivity index (χ3v) is 11.9. The summed E-state index contributed by atoms with van der Waals surface area (Å²) in [5.74, 6) is 0. The lowest BCUT2D eigenvalue weighted by Crippen LogP contribution is -2.67. The third kappa shape index (κ3) is 4.65. The zero-order valence-corrected chi connectivity index (χ0v) is 22.1. The van der Waals surface area contributed by atoms with Gasteiger partial charge in [0.25, 0.3) is 13.9 Å². The standard InChI is InChI=1S/C27H34N2O6Si/c1-19-16-28(24-15-22(31)23(17-30)35-24)26(33)29(25(19)32)18-34-36(27(2,3)4,20-11-7-5-8-12-20)21-13-9-6-10-14-21/h5-14,16,22-24,30-31H,15,17-18H2,1-4H3/t22?,23-,24-/m1/s1. The van der Waals surface area contributed by atoms with Crippen LogP contribution in [0.15, 0.2) is 76.4 Å². The molecule has 8 nitrogen and oxygen atoms in total. The molecular weight excluding hydrogens is 476 g/mol. The number of ether oxygens (including phenoxy) is 1. The Morgan fingerprint density at radius 3 is 2.06 bits per heavy atom. The fourth-order valence-electron chi connectivity index (χ4n) is 5.05. The summed E-state index contributed by atoms with van der Waals surface area (Å²) >= 11 is 0. The first kappa shape index (κ1) is 26.2. The summed E-state index contributed by atoms with van der Waals surface area (Å²) in [6.45, 7) is 7.41. The van der Waals surface area contributed by atoms with Crippen LogP contribution in [0.4, 0.5) is 0 Å². The molecule has 2 aromatic carbocycles. The van der Waals surface area contributed by atoms with Crippen LogP contribution in [0.1, 0.15) is 39.0 Å². The van der Waals surface area contributed by atoms with E-state index < -0.39 is 38.0 Å². The van der Waals surface area contributed by atoms with Crippen LogP contribution in [0.25, 0.3) is 0 Å². The smallest absolute Gasteiger partial charge is 0.335 e. The minimum absolute atomic E-state index is 0.137. The lowest BCUT2D eigenvalue weighted by molar-refractivity contribution is -0.0466. The monoisotopic (exact) mass is 510 g/mol. The maximum atomic E-state index is 13.5. The number of aliphatic hydroxyl groups excluding tert-OH is 2.